The third kappa shape index (κ3) is 7.48. The summed E-state index contributed by atoms with van der Waals surface area (Å²) in [4.78, 5) is 28.6. The van der Waals surface area contributed by atoms with Crippen LogP contribution >= 0.6 is 0 Å². The second-order valence-corrected chi connectivity index (χ2v) is 8.89. The van der Waals surface area contributed by atoms with E-state index in [4.69, 9.17) is 4.74 Å². The summed E-state index contributed by atoms with van der Waals surface area (Å²) in [5.74, 6) is 0.547. The fourth-order valence-corrected chi connectivity index (χ4v) is 3.69. The zero-order valence-corrected chi connectivity index (χ0v) is 20.2. The van der Waals surface area contributed by atoms with Crippen molar-refractivity contribution < 1.29 is 14.3 Å². The van der Waals surface area contributed by atoms with Crippen LogP contribution in [-0.4, -0.2) is 35.9 Å². The number of hydrogen-bond acceptors (Lipinski definition) is 3. The highest BCUT2D eigenvalue weighted by molar-refractivity contribution is 5.88. The van der Waals surface area contributed by atoms with E-state index in [1.807, 2.05) is 91.9 Å². The molecule has 3 rings (SSSR count). The molecule has 34 heavy (non-hydrogen) atoms. The molecule has 178 valence electrons. The van der Waals surface area contributed by atoms with Gasteiger partial charge in [0, 0.05) is 19.5 Å². The van der Waals surface area contributed by atoms with Crippen molar-refractivity contribution >= 4 is 11.8 Å². The topological polar surface area (TPSA) is 58.6 Å². The second kappa shape index (κ2) is 12.6. The number of ether oxygens (including phenoxy) is 1. The SMILES string of the molecule is Cc1ccccc1CN(C(=O)COc1ccccc1)[C@@H](Cc1ccccc1)C(=O)NCC(C)C. The molecule has 0 saturated carbocycles. The highest BCUT2D eigenvalue weighted by atomic mass is 16.5. The van der Waals surface area contributed by atoms with Gasteiger partial charge in [-0.2, -0.15) is 0 Å². The third-order valence-electron chi connectivity index (χ3n) is 5.66. The Morgan fingerprint density at radius 2 is 1.50 bits per heavy atom. The molecule has 2 amide bonds. The van der Waals surface area contributed by atoms with Crippen LogP contribution in [0, 0.1) is 12.8 Å². The van der Waals surface area contributed by atoms with Crippen molar-refractivity contribution in [2.24, 2.45) is 5.92 Å². The summed E-state index contributed by atoms with van der Waals surface area (Å²) in [6, 6.07) is 26.4. The van der Waals surface area contributed by atoms with Crippen molar-refractivity contribution in [3.8, 4) is 5.75 Å². The van der Waals surface area contributed by atoms with Crippen molar-refractivity contribution in [3.63, 3.8) is 0 Å². The summed E-state index contributed by atoms with van der Waals surface area (Å²) >= 11 is 0. The molecule has 1 atom stereocenters. The Balaban J connectivity index is 1.90. The number of benzene rings is 3. The minimum atomic E-state index is -0.660. The van der Waals surface area contributed by atoms with Crippen LogP contribution < -0.4 is 10.1 Å². The molecule has 0 aliphatic carbocycles. The number of amides is 2. The van der Waals surface area contributed by atoms with Crippen LogP contribution in [0.25, 0.3) is 0 Å². The Morgan fingerprint density at radius 3 is 2.15 bits per heavy atom. The summed E-state index contributed by atoms with van der Waals surface area (Å²) in [6.45, 7) is 6.86. The molecule has 3 aromatic carbocycles. The third-order valence-corrected chi connectivity index (χ3v) is 5.66. The molecule has 1 N–H and O–H groups in total. The van der Waals surface area contributed by atoms with E-state index < -0.39 is 6.04 Å². The Bertz CT molecular complexity index is 1050. The average Bonchev–Trinajstić information content (AvgIpc) is 2.85. The maximum atomic E-state index is 13.5. The van der Waals surface area contributed by atoms with E-state index in [0.717, 1.165) is 16.7 Å². The lowest BCUT2D eigenvalue weighted by Gasteiger charge is -2.32. The van der Waals surface area contributed by atoms with Gasteiger partial charge in [0.15, 0.2) is 6.61 Å². The molecular weight excluding hydrogens is 424 g/mol. The highest BCUT2D eigenvalue weighted by Crippen LogP contribution is 2.18. The Labute approximate surface area is 202 Å². The standard InChI is InChI=1S/C29H34N2O3/c1-22(2)19-30-29(33)27(18-24-13-6-4-7-14-24)31(20-25-15-11-10-12-23(25)3)28(32)21-34-26-16-8-5-9-17-26/h4-17,22,27H,18-21H2,1-3H3,(H,30,33)/t27-/m0/s1. The van der Waals surface area contributed by atoms with E-state index in [-0.39, 0.29) is 18.4 Å². The quantitative estimate of drug-likeness (QED) is 0.450. The molecule has 0 radical (unpaired) electrons. The van der Waals surface area contributed by atoms with Crippen molar-refractivity contribution in [1.29, 1.82) is 0 Å². The van der Waals surface area contributed by atoms with Gasteiger partial charge in [0.2, 0.25) is 5.91 Å². The number of hydrogen-bond donors (Lipinski definition) is 1. The first-order valence-electron chi connectivity index (χ1n) is 11.8. The van der Waals surface area contributed by atoms with E-state index in [0.29, 0.717) is 31.2 Å². The Morgan fingerprint density at radius 1 is 0.882 bits per heavy atom. The van der Waals surface area contributed by atoms with Crippen molar-refractivity contribution in [2.45, 2.75) is 39.8 Å². The van der Waals surface area contributed by atoms with Crippen molar-refractivity contribution in [3.05, 3.63) is 102 Å². The molecule has 5 nitrogen and oxygen atoms in total. The van der Waals surface area contributed by atoms with Gasteiger partial charge in [0.25, 0.3) is 5.91 Å². The number of nitrogens with one attached hydrogen (secondary N) is 1. The van der Waals surface area contributed by atoms with Crippen LogP contribution in [0.2, 0.25) is 0 Å². The van der Waals surface area contributed by atoms with Crippen LogP contribution in [0.3, 0.4) is 0 Å². The van der Waals surface area contributed by atoms with Crippen molar-refractivity contribution in [2.75, 3.05) is 13.2 Å². The maximum absolute atomic E-state index is 13.5. The molecule has 0 heterocycles. The van der Waals surface area contributed by atoms with Crippen LogP contribution in [0.5, 0.6) is 5.75 Å². The summed E-state index contributed by atoms with van der Waals surface area (Å²) in [5, 5.41) is 3.04. The number of nitrogens with zero attached hydrogens (tertiary/aromatic N) is 1. The number of carbonyl (C=O) groups excluding carboxylic acids is 2. The van der Waals surface area contributed by atoms with E-state index in [1.54, 1.807) is 4.90 Å². The predicted molar refractivity (Wildman–Crippen MR) is 135 cm³/mol. The minimum Gasteiger partial charge on any atom is -0.484 e. The number of aryl methyl sites for hydroxylation is 1. The highest BCUT2D eigenvalue weighted by Gasteiger charge is 2.31. The molecule has 5 heteroatoms. The fourth-order valence-electron chi connectivity index (χ4n) is 3.69. The van der Waals surface area contributed by atoms with Crippen LogP contribution in [0.15, 0.2) is 84.9 Å². The summed E-state index contributed by atoms with van der Waals surface area (Å²) < 4.78 is 5.77. The van der Waals surface area contributed by atoms with Gasteiger partial charge in [0.05, 0.1) is 0 Å². The van der Waals surface area contributed by atoms with Gasteiger partial charge in [-0.05, 0) is 41.7 Å². The lowest BCUT2D eigenvalue weighted by molar-refractivity contribution is -0.142. The molecule has 0 unspecified atom stereocenters. The van der Waals surface area contributed by atoms with Gasteiger partial charge in [-0.3, -0.25) is 9.59 Å². The summed E-state index contributed by atoms with van der Waals surface area (Å²) in [5.41, 5.74) is 3.08. The normalized spacial score (nSPS) is 11.6. The molecule has 0 aromatic heterocycles. The zero-order chi connectivity index (χ0) is 24.3. The van der Waals surface area contributed by atoms with Crippen LogP contribution in [-0.2, 0) is 22.6 Å². The van der Waals surface area contributed by atoms with E-state index >= 15 is 0 Å². The van der Waals surface area contributed by atoms with Gasteiger partial charge < -0.3 is 15.0 Å². The molecule has 0 spiro atoms. The van der Waals surface area contributed by atoms with Crippen molar-refractivity contribution in [1.82, 2.24) is 10.2 Å². The Kier molecular flexibility index (Phi) is 9.27. The van der Waals surface area contributed by atoms with E-state index in [1.165, 1.54) is 0 Å². The second-order valence-electron chi connectivity index (χ2n) is 8.89. The largest absolute Gasteiger partial charge is 0.484 e. The average molecular weight is 459 g/mol. The predicted octanol–water partition coefficient (Wildman–Crippen LogP) is 4.79. The molecule has 0 aliphatic heterocycles. The zero-order valence-electron chi connectivity index (χ0n) is 20.2. The monoisotopic (exact) mass is 458 g/mol. The number of para-hydroxylation sites is 1. The minimum absolute atomic E-state index is 0.140. The van der Waals surface area contributed by atoms with Gasteiger partial charge in [-0.15, -0.1) is 0 Å². The first kappa shape index (κ1) is 25.0. The number of carbonyl (C=O) groups is 2. The van der Waals surface area contributed by atoms with Crippen LogP contribution in [0.4, 0.5) is 0 Å². The molecule has 0 fully saturated rings. The smallest absolute Gasteiger partial charge is 0.261 e. The summed E-state index contributed by atoms with van der Waals surface area (Å²) in [6.07, 6.45) is 0.424. The van der Waals surface area contributed by atoms with Gasteiger partial charge in [0.1, 0.15) is 11.8 Å². The first-order valence-corrected chi connectivity index (χ1v) is 11.8. The maximum Gasteiger partial charge on any atom is 0.261 e. The first-order chi connectivity index (χ1) is 16.4. The molecule has 0 saturated heterocycles. The summed E-state index contributed by atoms with van der Waals surface area (Å²) in [7, 11) is 0. The fraction of sp³-hybridized carbons (Fsp3) is 0.310. The molecular formula is C29H34N2O3. The van der Waals surface area contributed by atoms with E-state index in [2.05, 4.69) is 19.2 Å². The molecule has 3 aromatic rings. The molecule has 0 bridgehead atoms. The van der Waals surface area contributed by atoms with E-state index in [9.17, 15) is 9.59 Å². The lowest BCUT2D eigenvalue weighted by atomic mass is 10.0. The number of rotatable bonds is 11. The van der Waals surface area contributed by atoms with Gasteiger partial charge in [-0.25, -0.2) is 0 Å². The van der Waals surface area contributed by atoms with Gasteiger partial charge >= 0.3 is 0 Å². The molecule has 0 aliphatic rings. The lowest BCUT2D eigenvalue weighted by Crippen LogP contribution is -2.52. The Hall–Kier alpha value is -3.60. The van der Waals surface area contributed by atoms with Crippen LogP contribution in [0.1, 0.15) is 30.5 Å². The van der Waals surface area contributed by atoms with Gasteiger partial charge in [-0.1, -0.05) is 86.6 Å².